The lowest BCUT2D eigenvalue weighted by Crippen LogP contribution is -1.92. The summed E-state index contributed by atoms with van der Waals surface area (Å²) in [5.74, 6) is 0. The van der Waals surface area contributed by atoms with E-state index in [9.17, 15) is 4.79 Å². The molecule has 0 spiro atoms. The summed E-state index contributed by atoms with van der Waals surface area (Å²) < 4.78 is 0. The number of aromatic amines is 1. The highest BCUT2D eigenvalue weighted by molar-refractivity contribution is 6.68. The van der Waals surface area contributed by atoms with Crippen LogP contribution in [0.15, 0.2) is 48.5 Å². The van der Waals surface area contributed by atoms with Crippen LogP contribution in [0.25, 0.3) is 22.0 Å². The number of aryl methyl sites for hydroxylation is 1. The third-order valence-electron chi connectivity index (χ3n) is 3.55. The highest BCUT2D eigenvalue weighted by Gasteiger charge is 2.19. The lowest BCUT2D eigenvalue weighted by molar-refractivity contribution is 0.107. The topological polar surface area (TPSA) is 32.9 Å². The first kappa shape index (κ1) is 12.9. The van der Waals surface area contributed by atoms with Gasteiger partial charge < -0.3 is 4.98 Å². The molecule has 0 radical (unpaired) electrons. The number of carbonyl (C=O) groups excluding carboxylic acids is 1. The number of hydrogen-bond acceptors (Lipinski definition) is 1. The van der Waals surface area contributed by atoms with Crippen LogP contribution in [0.5, 0.6) is 0 Å². The molecule has 1 N–H and O–H groups in total. The van der Waals surface area contributed by atoms with E-state index in [1.54, 1.807) is 0 Å². The Labute approximate surface area is 122 Å². The molecule has 0 saturated carbocycles. The van der Waals surface area contributed by atoms with E-state index in [0.29, 0.717) is 5.69 Å². The Morgan fingerprint density at radius 3 is 2.50 bits per heavy atom. The minimum absolute atomic E-state index is 0.456. The summed E-state index contributed by atoms with van der Waals surface area (Å²) in [5.41, 5.74) is 4.53. The number of rotatable bonds is 3. The summed E-state index contributed by atoms with van der Waals surface area (Å²) in [6.45, 7) is 2.11. The molecule has 1 aromatic heterocycles. The van der Waals surface area contributed by atoms with E-state index < -0.39 is 5.24 Å². The Morgan fingerprint density at radius 2 is 1.85 bits per heavy atom. The van der Waals surface area contributed by atoms with Crippen molar-refractivity contribution in [2.24, 2.45) is 0 Å². The summed E-state index contributed by atoms with van der Waals surface area (Å²) in [6.07, 6.45) is 0.908. The molecule has 100 valence electrons. The summed E-state index contributed by atoms with van der Waals surface area (Å²) in [5, 5.41) is 0.632. The SMILES string of the molecule is CCc1cccc2[nH]c(C(=O)Cl)c(-c3ccccc3)c12. The van der Waals surface area contributed by atoms with Crippen LogP contribution in [-0.2, 0) is 6.42 Å². The van der Waals surface area contributed by atoms with E-state index >= 15 is 0 Å². The molecule has 0 aliphatic heterocycles. The molecule has 0 bridgehead atoms. The number of aromatic nitrogens is 1. The van der Waals surface area contributed by atoms with Crippen LogP contribution in [0.4, 0.5) is 0 Å². The molecule has 0 aliphatic rings. The first-order valence-corrected chi connectivity index (χ1v) is 6.99. The van der Waals surface area contributed by atoms with Crippen molar-refractivity contribution in [1.82, 2.24) is 4.98 Å². The third kappa shape index (κ3) is 2.02. The molecule has 2 nitrogen and oxygen atoms in total. The molecule has 2 aromatic carbocycles. The normalized spacial score (nSPS) is 10.9. The van der Waals surface area contributed by atoms with Crippen molar-refractivity contribution in [2.75, 3.05) is 0 Å². The molecule has 0 amide bonds. The minimum Gasteiger partial charge on any atom is -0.351 e. The van der Waals surface area contributed by atoms with Gasteiger partial charge in [-0.15, -0.1) is 0 Å². The van der Waals surface area contributed by atoms with Crippen molar-refractivity contribution >= 4 is 27.7 Å². The fraction of sp³-hybridized carbons (Fsp3) is 0.118. The third-order valence-corrected chi connectivity index (χ3v) is 3.74. The summed E-state index contributed by atoms with van der Waals surface area (Å²) >= 11 is 5.76. The fourth-order valence-corrected chi connectivity index (χ4v) is 2.80. The van der Waals surface area contributed by atoms with E-state index in [4.69, 9.17) is 11.6 Å². The maximum absolute atomic E-state index is 11.7. The van der Waals surface area contributed by atoms with Gasteiger partial charge in [-0.25, -0.2) is 0 Å². The quantitative estimate of drug-likeness (QED) is 0.690. The lowest BCUT2D eigenvalue weighted by Gasteiger charge is -2.05. The molecule has 0 atom stereocenters. The maximum Gasteiger partial charge on any atom is 0.269 e. The summed E-state index contributed by atoms with van der Waals surface area (Å²) in [4.78, 5) is 14.9. The number of halogens is 1. The summed E-state index contributed by atoms with van der Waals surface area (Å²) in [7, 11) is 0. The molecule has 0 unspecified atom stereocenters. The molecule has 3 heteroatoms. The predicted molar refractivity (Wildman–Crippen MR) is 83.3 cm³/mol. The number of carbonyl (C=O) groups is 1. The number of nitrogens with one attached hydrogen (secondary N) is 1. The second kappa shape index (κ2) is 5.14. The Kier molecular flexibility index (Phi) is 3.33. The Hall–Kier alpha value is -2.06. The van der Waals surface area contributed by atoms with Crippen LogP contribution in [0.1, 0.15) is 23.0 Å². The van der Waals surface area contributed by atoms with Gasteiger partial charge in [0.15, 0.2) is 0 Å². The van der Waals surface area contributed by atoms with E-state index in [2.05, 4.69) is 18.0 Å². The molecule has 1 heterocycles. The van der Waals surface area contributed by atoms with Gasteiger partial charge in [0.1, 0.15) is 5.69 Å². The highest BCUT2D eigenvalue weighted by Crippen LogP contribution is 2.35. The van der Waals surface area contributed by atoms with Crippen molar-refractivity contribution in [3.8, 4) is 11.1 Å². The fourth-order valence-electron chi connectivity index (χ4n) is 2.66. The molecule has 0 aliphatic carbocycles. The van der Waals surface area contributed by atoms with E-state index in [0.717, 1.165) is 28.5 Å². The van der Waals surface area contributed by atoms with Crippen molar-refractivity contribution in [3.05, 3.63) is 59.8 Å². The van der Waals surface area contributed by atoms with Gasteiger partial charge in [-0.05, 0) is 35.2 Å². The van der Waals surface area contributed by atoms with Crippen LogP contribution in [0, 0.1) is 0 Å². The van der Waals surface area contributed by atoms with E-state index in [-0.39, 0.29) is 0 Å². The predicted octanol–water partition coefficient (Wildman–Crippen LogP) is 4.78. The van der Waals surface area contributed by atoms with Crippen LogP contribution >= 0.6 is 11.6 Å². The average Bonchev–Trinajstić information content (AvgIpc) is 2.87. The average molecular weight is 284 g/mol. The molecule has 3 rings (SSSR count). The Balaban J connectivity index is 2.43. The molecular formula is C17H14ClNO. The van der Waals surface area contributed by atoms with Gasteiger partial charge in [0.2, 0.25) is 0 Å². The van der Waals surface area contributed by atoms with Gasteiger partial charge in [-0.2, -0.15) is 0 Å². The smallest absolute Gasteiger partial charge is 0.269 e. The largest absolute Gasteiger partial charge is 0.351 e. The number of H-pyrrole nitrogens is 1. The Bertz CT molecular complexity index is 774. The molecule has 0 fully saturated rings. The minimum atomic E-state index is -0.456. The molecule has 20 heavy (non-hydrogen) atoms. The van der Waals surface area contributed by atoms with Gasteiger partial charge in [-0.1, -0.05) is 49.4 Å². The van der Waals surface area contributed by atoms with E-state index in [1.807, 2.05) is 42.5 Å². The van der Waals surface area contributed by atoms with Crippen molar-refractivity contribution in [2.45, 2.75) is 13.3 Å². The van der Waals surface area contributed by atoms with Gasteiger partial charge in [0.25, 0.3) is 5.24 Å². The molecule has 3 aromatic rings. The highest BCUT2D eigenvalue weighted by atomic mass is 35.5. The zero-order valence-electron chi connectivity index (χ0n) is 11.1. The second-order valence-electron chi connectivity index (χ2n) is 4.71. The second-order valence-corrected chi connectivity index (χ2v) is 5.05. The van der Waals surface area contributed by atoms with Crippen LogP contribution in [0.2, 0.25) is 0 Å². The van der Waals surface area contributed by atoms with Crippen molar-refractivity contribution in [1.29, 1.82) is 0 Å². The monoisotopic (exact) mass is 283 g/mol. The van der Waals surface area contributed by atoms with Crippen molar-refractivity contribution < 1.29 is 4.79 Å². The summed E-state index contributed by atoms with van der Waals surface area (Å²) in [6, 6.07) is 15.9. The Morgan fingerprint density at radius 1 is 1.10 bits per heavy atom. The first-order valence-electron chi connectivity index (χ1n) is 6.61. The van der Waals surface area contributed by atoms with E-state index in [1.165, 1.54) is 5.56 Å². The number of hydrogen-bond donors (Lipinski definition) is 1. The van der Waals surface area contributed by atoms with Gasteiger partial charge in [0.05, 0.1) is 0 Å². The van der Waals surface area contributed by atoms with Crippen molar-refractivity contribution in [3.63, 3.8) is 0 Å². The van der Waals surface area contributed by atoms with Crippen LogP contribution in [0.3, 0.4) is 0 Å². The van der Waals surface area contributed by atoms with Gasteiger partial charge >= 0.3 is 0 Å². The molecular weight excluding hydrogens is 270 g/mol. The number of benzene rings is 2. The molecule has 0 saturated heterocycles. The van der Waals surface area contributed by atoms with Gasteiger partial charge in [-0.3, -0.25) is 4.79 Å². The maximum atomic E-state index is 11.7. The standard InChI is InChI=1S/C17H14ClNO/c1-2-11-9-6-10-13-14(11)15(16(19-13)17(18)20)12-7-4-3-5-8-12/h3-10,19H,2H2,1H3. The van der Waals surface area contributed by atoms with Crippen LogP contribution in [-0.4, -0.2) is 10.2 Å². The first-order chi connectivity index (χ1) is 9.72. The zero-order chi connectivity index (χ0) is 14.1. The van der Waals surface area contributed by atoms with Gasteiger partial charge in [0, 0.05) is 16.5 Å². The lowest BCUT2D eigenvalue weighted by atomic mass is 9.97. The number of fused-ring (bicyclic) bond motifs is 1. The van der Waals surface area contributed by atoms with Crippen LogP contribution < -0.4 is 0 Å². The zero-order valence-corrected chi connectivity index (χ0v) is 11.9.